The first kappa shape index (κ1) is 31.0. The minimum absolute atomic E-state index is 0.843. The van der Waals surface area contributed by atoms with Gasteiger partial charge in [0.25, 0.3) is 0 Å². The average Bonchev–Trinajstić information content (AvgIpc) is 2.78. The fourth-order valence-electron chi connectivity index (χ4n) is 4.94. The standard InChI is InChI=1S/C30H63N/c1-5-8-11-14-17-18-19-20-23-26-29-31(4)30(27-24-21-15-12-9-6-2)28-25-22-16-13-10-7-3/h30H,5-29H2,1-4H3. The number of rotatable bonds is 26. The van der Waals surface area contributed by atoms with Crippen molar-refractivity contribution in [2.24, 2.45) is 0 Å². The fourth-order valence-corrected chi connectivity index (χ4v) is 4.94. The minimum atomic E-state index is 0.843. The highest BCUT2D eigenvalue weighted by Gasteiger charge is 2.14. The molecule has 0 heterocycles. The Morgan fingerprint density at radius 2 is 0.677 bits per heavy atom. The van der Waals surface area contributed by atoms with Gasteiger partial charge in [-0.2, -0.15) is 0 Å². The zero-order valence-corrected chi connectivity index (χ0v) is 22.7. The van der Waals surface area contributed by atoms with Gasteiger partial charge in [-0.3, -0.25) is 0 Å². The summed E-state index contributed by atoms with van der Waals surface area (Å²) in [4.78, 5) is 2.74. The molecule has 0 aliphatic rings. The summed E-state index contributed by atoms with van der Waals surface area (Å²) in [5.74, 6) is 0. The summed E-state index contributed by atoms with van der Waals surface area (Å²) in [5, 5.41) is 0. The Kier molecular flexibility index (Phi) is 26.2. The molecule has 0 rings (SSSR count). The molecule has 0 aliphatic heterocycles. The highest BCUT2D eigenvalue weighted by Crippen LogP contribution is 2.19. The monoisotopic (exact) mass is 437 g/mol. The second kappa shape index (κ2) is 26.2. The van der Waals surface area contributed by atoms with Crippen LogP contribution in [0, 0.1) is 0 Å². The van der Waals surface area contributed by atoms with E-state index in [9.17, 15) is 0 Å². The highest BCUT2D eigenvalue weighted by atomic mass is 15.1. The first-order valence-corrected chi connectivity index (χ1v) is 15.0. The van der Waals surface area contributed by atoms with Crippen molar-refractivity contribution in [3.63, 3.8) is 0 Å². The summed E-state index contributed by atoms with van der Waals surface area (Å²) in [6.07, 6.45) is 34.6. The molecule has 0 radical (unpaired) electrons. The molecule has 0 fully saturated rings. The lowest BCUT2D eigenvalue weighted by Crippen LogP contribution is -2.32. The molecule has 0 unspecified atom stereocenters. The molecule has 0 atom stereocenters. The third-order valence-corrected chi connectivity index (χ3v) is 7.27. The van der Waals surface area contributed by atoms with Crippen molar-refractivity contribution in [3.05, 3.63) is 0 Å². The predicted octanol–water partition coefficient (Wildman–Crippen LogP) is 10.7. The molecule has 0 saturated heterocycles. The number of unbranched alkanes of at least 4 members (excludes halogenated alkanes) is 19. The van der Waals surface area contributed by atoms with E-state index in [1.54, 1.807) is 0 Å². The lowest BCUT2D eigenvalue weighted by atomic mass is 9.98. The molecule has 188 valence electrons. The first-order valence-electron chi connectivity index (χ1n) is 15.0. The van der Waals surface area contributed by atoms with Crippen molar-refractivity contribution < 1.29 is 0 Å². The molecule has 1 heteroatoms. The maximum absolute atomic E-state index is 2.74. The second-order valence-corrected chi connectivity index (χ2v) is 10.4. The highest BCUT2D eigenvalue weighted by molar-refractivity contribution is 4.70. The van der Waals surface area contributed by atoms with E-state index in [-0.39, 0.29) is 0 Å². The third-order valence-electron chi connectivity index (χ3n) is 7.27. The minimum Gasteiger partial charge on any atom is -0.303 e. The van der Waals surface area contributed by atoms with Crippen molar-refractivity contribution in [1.82, 2.24) is 4.90 Å². The smallest absolute Gasteiger partial charge is 0.00922 e. The van der Waals surface area contributed by atoms with E-state index >= 15 is 0 Å². The van der Waals surface area contributed by atoms with Crippen LogP contribution in [0.1, 0.15) is 175 Å². The normalized spacial score (nSPS) is 11.8. The summed E-state index contributed by atoms with van der Waals surface area (Å²) in [5.41, 5.74) is 0. The molecule has 0 saturated carbocycles. The van der Waals surface area contributed by atoms with Crippen molar-refractivity contribution in [2.45, 2.75) is 181 Å². The van der Waals surface area contributed by atoms with Gasteiger partial charge in [0.2, 0.25) is 0 Å². The molecule has 0 bridgehead atoms. The van der Waals surface area contributed by atoms with Gasteiger partial charge in [0, 0.05) is 6.04 Å². The van der Waals surface area contributed by atoms with E-state index in [4.69, 9.17) is 0 Å². The van der Waals surface area contributed by atoms with E-state index in [2.05, 4.69) is 32.7 Å². The Balaban J connectivity index is 3.93. The van der Waals surface area contributed by atoms with Gasteiger partial charge >= 0.3 is 0 Å². The Bertz CT molecular complexity index is 298. The van der Waals surface area contributed by atoms with Crippen LogP contribution in [0.3, 0.4) is 0 Å². The molecule has 1 nitrogen and oxygen atoms in total. The van der Waals surface area contributed by atoms with Crippen molar-refractivity contribution >= 4 is 0 Å². The molecule has 0 aliphatic carbocycles. The molecular weight excluding hydrogens is 374 g/mol. The van der Waals surface area contributed by atoms with Gasteiger partial charge < -0.3 is 4.90 Å². The summed E-state index contributed by atoms with van der Waals surface area (Å²) in [6, 6.07) is 0.843. The maximum atomic E-state index is 2.74. The largest absolute Gasteiger partial charge is 0.303 e. The fraction of sp³-hybridized carbons (Fsp3) is 1.00. The summed E-state index contributed by atoms with van der Waals surface area (Å²) < 4.78 is 0. The van der Waals surface area contributed by atoms with E-state index in [0.29, 0.717) is 0 Å². The average molecular weight is 438 g/mol. The van der Waals surface area contributed by atoms with Crippen LogP contribution in [0.4, 0.5) is 0 Å². The van der Waals surface area contributed by atoms with Crippen molar-refractivity contribution in [1.29, 1.82) is 0 Å². The molecule has 0 spiro atoms. The van der Waals surface area contributed by atoms with Gasteiger partial charge in [-0.05, 0) is 32.9 Å². The van der Waals surface area contributed by atoms with Crippen LogP contribution in [0.2, 0.25) is 0 Å². The Morgan fingerprint density at radius 1 is 0.387 bits per heavy atom. The van der Waals surface area contributed by atoms with Crippen molar-refractivity contribution in [3.8, 4) is 0 Å². The van der Waals surface area contributed by atoms with Crippen LogP contribution in [-0.2, 0) is 0 Å². The maximum Gasteiger partial charge on any atom is 0.00922 e. The summed E-state index contributed by atoms with van der Waals surface area (Å²) in [7, 11) is 2.42. The van der Waals surface area contributed by atoms with Gasteiger partial charge in [0.15, 0.2) is 0 Å². The molecule has 31 heavy (non-hydrogen) atoms. The van der Waals surface area contributed by atoms with Crippen LogP contribution in [0.25, 0.3) is 0 Å². The number of hydrogen-bond donors (Lipinski definition) is 0. The Hall–Kier alpha value is -0.0400. The SMILES string of the molecule is CCCCCCCCCCCCN(C)C(CCCCCCCC)CCCCCCCC. The zero-order valence-electron chi connectivity index (χ0n) is 22.7. The summed E-state index contributed by atoms with van der Waals surface area (Å²) in [6.45, 7) is 8.27. The predicted molar refractivity (Wildman–Crippen MR) is 144 cm³/mol. The third kappa shape index (κ3) is 22.9. The van der Waals surface area contributed by atoms with Gasteiger partial charge in [0.05, 0.1) is 0 Å². The van der Waals surface area contributed by atoms with E-state index in [1.165, 1.54) is 161 Å². The number of nitrogens with zero attached hydrogens (tertiary/aromatic N) is 1. The number of hydrogen-bond acceptors (Lipinski definition) is 1. The van der Waals surface area contributed by atoms with E-state index in [0.717, 1.165) is 6.04 Å². The molecule has 0 amide bonds. The lowest BCUT2D eigenvalue weighted by Gasteiger charge is -2.28. The van der Waals surface area contributed by atoms with Gasteiger partial charge in [0.1, 0.15) is 0 Å². The molecule has 0 aromatic rings. The van der Waals surface area contributed by atoms with Crippen molar-refractivity contribution in [2.75, 3.05) is 13.6 Å². The molecular formula is C30H63N. The quantitative estimate of drug-likeness (QED) is 0.122. The van der Waals surface area contributed by atoms with Gasteiger partial charge in [-0.15, -0.1) is 0 Å². The molecule has 0 N–H and O–H groups in total. The van der Waals surface area contributed by atoms with Crippen LogP contribution < -0.4 is 0 Å². The Labute approximate surface area is 199 Å². The van der Waals surface area contributed by atoms with Gasteiger partial charge in [-0.25, -0.2) is 0 Å². The Morgan fingerprint density at radius 3 is 1.03 bits per heavy atom. The lowest BCUT2D eigenvalue weighted by molar-refractivity contribution is 0.205. The van der Waals surface area contributed by atoms with Gasteiger partial charge in [-0.1, -0.05) is 156 Å². The topological polar surface area (TPSA) is 3.24 Å². The van der Waals surface area contributed by atoms with Crippen LogP contribution >= 0.6 is 0 Å². The molecule has 0 aromatic heterocycles. The summed E-state index contributed by atoms with van der Waals surface area (Å²) >= 11 is 0. The van der Waals surface area contributed by atoms with E-state index < -0.39 is 0 Å². The zero-order chi connectivity index (χ0) is 22.8. The molecule has 0 aromatic carbocycles. The van der Waals surface area contributed by atoms with Crippen LogP contribution in [-0.4, -0.2) is 24.5 Å². The van der Waals surface area contributed by atoms with E-state index in [1.807, 2.05) is 0 Å². The second-order valence-electron chi connectivity index (χ2n) is 10.4. The first-order chi connectivity index (χ1) is 15.3. The van der Waals surface area contributed by atoms with Crippen LogP contribution in [0.15, 0.2) is 0 Å². The van der Waals surface area contributed by atoms with Crippen LogP contribution in [0.5, 0.6) is 0 Å².